The number of anilines is 1. The third-order valence-corrected chi connectivity index (χ3v) is 3.73. The van der Waals surface area contributed by atoms with E-state index in [4.69, 9.17) is 0 Å². The van der Waals surface area contributed by atoms with Gasteiger partial charge in [-0.3, -0.25) is 9.78 Å². The second-order valence-electron chi connectivity index (χ2n) is 5.53. The van der Waals surface area contributed by atoms with Crippen molar-refractivity contribution in [3.05, 3.63) is 47.3 Å². The minimum absolute atomic E-state index is 0.0226. The van der Waals surface area contributed by atoms with Crippen molar-refractivity contribution in [2.45, 2.75) is 26.3 Å². The molecule has 6 nitrogen and oxygen atoms in total. The van der Waals surface area contributed by atoms with Crippen molar-refractivity contribution in [2.24, 2.45) is 0 Å². The molecule has 1 saturated heterocycles. The lowest BCUT2D eigenvalue weighted by molar-refractivity contribution is 0.0946. The molecule has 2 aromatic heterocycles. The van der Waals surface area contributed by atoms with Crippen LogP contribution in [0.2, 0.25) is 0 Å². The highest BCUT2D eigenvalue weighted by Crippen LogP contribution is 2.16. The van der Waals surface area contributed by atoms with E-state index in [0.717, 1.165) is 37.8 Å². The Balaban J connectivity index is 1.70. The zero-order valence-electron chi connectivity index (χ0n) is 12.9. The fourth-order valence-electron chi connectivity index (χ4n) is 2.59. The quantitative estimate of drug-likeness (QED) is 0.932. The van der Waals surface area contributed by atoms with Crippen molar-refractivity contribution in [1.29, 1.82) is 0 Å². The number of pyridine rings is 1. The molecular formula is C16H18FN5O. The monoisotopic (exact) mass is 315 g/mol. The first-order chi connectivity index (χ1) is 11.1. The van der Waals surface area contributed by atoms with Crippen molar-refractivity contribution in [1.82, 2.24) is 20.3 Å². The van der Waals surface area contributed by atoms with Crippen LogP contribution >= 0.6 is 0 Å². The predicted molar refractivity (Wildman–Crippen MR) is 83.6 cm³/mol. The number of carbonyl (C=O) groups excluding carboxylic acids is 1. The molecule has 1 aliphatic heterocycles. The molecule has 7 heteroatoms. The highest BCUT2D eigenvalue weighted by Gasteiger charge is 2.16. The molecule has 0 spiro atoms. The smallest absolute Gasteiger partial charge is 0.254 e. The van der Waals surface area contributed by atoms with Crippen molar-refractivity contribution < 1.29 is 9.18 Å². The molecule has 1 fully saturated rings. The second-order valence-corrected chi connectivity index (χ2v) is 5.53. The van der Waals surface area contributed by atoms with Gasteiger partial charge in [0.05, 0.1) is 24.0 Å². The van der Waals surface area contributed by atoms with Gasteiger partial charge in [0, 0.05) is 25.0 Å². The first-order valence-electron chi connectivity index (χ1n) is 7.61. The Labute approximate surface area is 133 Å². The molecule has 0 aliphatic carbocycles. The first kappa shape index (κ1) is 15.3. The Morgan fingerprint density at radius 3 is 2.87 bits per heavy atom. The number of hydrogen-bond donors (Lipinski definition) is 1. The maximum Gasteiger partial charge on any atom is 0.254 e. The van der Waals surface area contributed by atoms with Gasteiger partial charge in [-0.25, -0.2) is 14.4 Å². The van der Waals surface area contributed by atoms with E-state index >= 15 is 0 Å². The van der Waals surface area contributed by atoms with Gasteiger partial charge in [-0.1, -0.05) is 0 Å². The number of hydrogen-bond acceptors (Lipinski definition) is 5. The average Bonchev–Trinajstić information content (AvgIpc) is 3.07. The van der Waals surface area contributed by atoms with Crippen LogP contribution in [0.4, 0.5) is 10.3 Å². The van der Waals surface area contributed by atoms with Crippen LogP contribution in [-0.4, -0.2) is 33.9 Å². The van der Waals surface area contributed by atoms with Gasteiger partial charge in [0.15, 0.2) is 5.82 Å². The predicted octanol–water partition coefficient (Wildman–Crippen LogP) is 1.85. The third kappa shape index (κ3) is 3.61. The Morgan fingerprint density at radius 1 is 1.35 bits per heavy atom. The summed E-state index contributed by atoms with van der Waals surface area (Å²) in [5.41, 5.74) is 1.54. The molecule has 0 unspecified atom stereocenters. The Morgan fingerprint density at radius 2 is 2.13 bits per heavy atom. The summed E-state index contributed by atoms with van der Waals surface area (Å²) in [5.74, 6) is -0.424. The van der Waals surface area contributed by atoms with Crippen molar-refractivity contribution >= 4 is 11.9 Å². The SMILES string of the molecule is Cc1cc(CNC(=O)c2ccncc2F)nc(N2CCCC2)n1. The lowest BCUT2D eigenvalue weighted by Gasteiger charge is -2.16. The van der Waals surface area contributed by atoms with Crippen LogP contribution in [-0.2, 0) is 6.54 Å². The summed E-state index contributed by atoms with van der Waals surface area (Å²) < 4.78 is 13.5. The molecule has 0 bridgehead atoms. The molecule has 1 amide bonds. The number of aryl methyl sites for hydroxylation is 1. The highest BCUT2D eigenvalue weighted by atomic mass is 19.1. The van der Waals surface area contributed by atoms with Crippen molar-refractivity contribution in [3.8, 4) is 0 Å². The molecule has 1 aliphatic rings. The Bertz CT molecular complexity index is 715. The highest BCUT2D eigenvalue weighted by molar-refractivity contribution is 5.94. The fraction of sp³-hybridized carbons (Fsp3) is 0.375. The van der Waals surface area contributed by atoms with E-state index in [1.165, 1.54) is 12.3 Å². The number of halogens is 1. The summed E-state index contributed by atoms with van der Waals surface area (Å²) in [5, 5.41) is 2.69. The maximum atomic E-state index is 13.5. The van der Waals surface area contributed by atoms with Crippen molar-refractivity contribution in [3.63, 3.8) is 0 Å². The molecule has 1 N–H and O–H groups in total. The van der Waals surface area contributed by atoms with E-state index in [1.54, 1.807) is 0 Å². The molecule has 2 aromatic rings. The van der Waals surface area contributed by atoms with Crippen LogP contribution in [0.25, 0.3) is 0 Å². The van der Waals surface area contributed by atoms with Gasteiger partial charge < -0.3 is 10.2 Å². The van der Waals surface area contributed by atoms with Gasteiger partial charge in [0.1, 0.15) is 0 Å². The molecule has 3 heterocycles. The molecule has 3 rings (SSSR count). The largest absolute Gasteiger partial charge is 0.346 e. The minimum Gasteiger partial charge on any atom is -0.346 e. The molecule has 23 heavy (non-hydrogen) atoms. The number of nitrogens with zero attached hydrogens (tertiary/aromatic N) is 4. The van der Waals surface area contributed by atoms with E-state index in [9.17, 15) is 9.18 Å². The number of carbonyl (C=O) groups is 1. The summed E-state index contributed by atoms with van der Waals surface area (Å²) in [7, 11) is 0. The van der Waals surface area contributed by atoms with Gasteiger partial charge in [-0.05, 0) is 31.9 Å². The third-order valence-electron chi connectivity index (χ3n) is 3.73. The number of aromatic nitrogens is 3. The van der Waals surface area contributed by atoms with E-state index in [2.05, 4.69) is 25.2 Å². The number of amides is 1. The summed E-state index contributed by atoms with van der Waals surface area (Å²) in [4.78, 5) is 26.8. The summed E-state index contributed by atoms with van der Waals surface area (Å²) in [6.07, 6.45) is 4.70. The second kappa shape index (κ2) is 6.68. The summed E-state index contributed by atoms with van der Waals surface area (Å²) in [6, 6.07) is 3.17. The van der Waals surface area contributed by atoms with E-state index < -0.39 is 11.7 Å². The van der Waals surface area contributed by atoms with Crippen LogP contribution in [0.15, 0.2) is 24.5 Å². The zero-order chi connectivity index (χ0) is 16.2. The first-order valence-corrected chi connectivity index (χ1v) is 7.61. The van der Waals surface area contributed by atoms with E-state index in [1.807, 2.05) is 13.0 Å². The van der Waals surface area contributed by atoms with Gasteiger partial charge >= 0.3 is 0 Å². The number of rotatable bonds is 4. The molecular weight excluding hydrogens is 297 g/mol. The Hall–Kier alpha value is -2.57. The minimum atomic E-state index is -0.637. The summed E-state index contributed by atoms with van der Waals surface area (Å²) >= 11 is 0. The summed E-state index contributed by atoms with van der Waals surface area (Å²) in [6.45, 7) is 4.04. The standard InChI is InChI=1S/C16H18FN5O/c1-11-8-12(21-16(20-11)22-6-2-3-7-22)9-19-15(23)13-4-5-18-10-14(13)17/h4-5,8,10H,2-3,6-7,9H2,1H3,(H,19,23). The lowest BCUT2D eigenvalue weighted by atomic mass is 10.2. The van der Waals surface area contributed by atoms with Gasteiger partial charge in [0.2, 0.25) is 5.95 Å². The van der Waals surface area contributed by atoms with Crippen LogP contribution in [0.3, 0.4) is 0 Å². The van der Waals surface area contributed by atoms with Crippen LogP contribution in [0.1, 0.15) is 34.6 Å². The normalized spacial score (nSPS) is 14.1. The van der Waals surface area contributed by atoms with Gasteiger partial charge in [-0.15, -0.1) is 0 Å². The van der Waals surface area contributed by atoms with E-state index in [-0.39, 0.29) is 12.1 Å². The fourth-order valence-corrected chi connectivity index (χ4v) is 2.59. The van der Waals surface area contributed by atoms with Gasteiger partial charge in [0.25, 0.3) is 5.91 Å². The topological polar surface area (TPSA) is 71.0 Å². The zero-order valence-corrected chi connectivity index (χ0v) is 12.9. The van der Waals surface area contributed by atoms with Crippen molar-refractivity contribution in [2.75, 3.05) is 18.0 Å². The van der Waals surface area contributed by atoms with Crippen LogP contribution < -0.4 is 10.2 Å². The Kier molecular flexibility index (Phi) is 4.45. The average molecular weight is 315 g/mol. The maximum absolute atomic E-state index is 13.5. The molecule has 0 atom stereocenters. The van der Waals surface area contributed by atoms with Gasteiger partial charge in [-0.2, -0.15) is 0 Å². The van der Waals surface area contributed by atoms with Crippen LogP contribution in [0, 0.1) is 12.7 Å². The lowest BCUT2D eigenvalue weighted by Crippen LogP contribution is -2.26. The number of nitrogens with one attached hydrogen (secondary N) is 1. The molecule has 0 aromatic carbocycles. The van der Waals surface area contributed by atoms with Crippen LogP contribution in [0.5, 0.6) is 0 Å². The molecule has 0 radical (unpaired) electrons. The molecule has 0 saturated carbocycles. The molecule has 120 valence electrons. The van der Waals surface area contributed by atoms with E-state index in [0.29, 0.717) is 11.6 Å².